The average Bonchev–Trinajstić information content (AvgIpc) is 3.49. The van der Waals surface area contributed by atoms with Crippen molar-refractivity contribution in [2.45, 2.75) is 30.7 Å². The molecule has 0 amide bonds. The van der Waals surface area contributed by atoms with Crippen molar-refractivity contribution in [1.29, 1.82) is 0 Å². The fourth-order valence-electron chi connectivity index (χ4n) is 3.43. The standard InChI is InChI=1S/C20H20ClN3O7S/c1-2-12(14-5-3-9-30-14)22-15-16(19(27)18(15)26)23-13-7-6-11(21)20(17(13)25)32(28,29)24-8-4-10-31-24/h3,5-7,9,12,22-23,25H,2,4,8,10H2,1H3/t12-/m1/s1. The van der Waals surface area contributed by atoms with Crippen molar-refractivity contribution in [1.82, 2.24) is 4.47 Å². The molecule has 1 atom stereocenters. The van der Waals surface area contributed by atoms with Crippen molar-refractivity contribution < 1.29 is 22.8 Å². The molecule has 32 heavy (non-hydrogen) atoms. The number of sulfonamides is 1. The molecule has 1 fully saturated rings. The van der Waals surface area contributed by atoms with Crippen LogP contribution in [0.3, 0.4) is 0 Å². The number of rotatable bonds is 8. The van der Waals surface area contributed by atoms with E-state index in [1.54, 1.807) is 12.1 Å². The first-order chi connectivity index (χ1) is 15.3. The Labute approximate surface area is 188 Å². The molecule has 0 spiro atoms. The highest BCUT2D eigenvalue weighted by Crippen LogP contribution is 2.40. The Morgan fingerprint density at radius 2 is 1.97 bits per heavy atom. The van der Waals surface area contributed by atoms with Crippen LogP contribution in [0.4, 0.5) is 17.1 Å². The number of benzene rings is 1. The van der Waals surface area contributed by atoms with Crippen LogP contribution in [0, 0.1) is 0 Å². The highest BCUT2D eigenvalue weighted by molar-refractivity contribution is 7.89. The molecule has 3 N–H and O–H groups in total. The third-order valence-electron chi connectivity index (χ3n) is 5.11. The molecule has 1 aliphatic heterocycles. The van der Waals surface area contributed by atoms with Gasteiger partial charge in [0.2, 0.25) is 0 Å². The number of nitrogens with zero attached hydrogens (tertiary/aromatic N) is 1. The van der Waals surface area contributed by atoms with Crippen LogP contribution in [0.15, 0.2) is 49.4 Å². The highest BCUT2D eigenvalue weighted by atomic mass is 35.5. The molecule has 10 nitrogen and oxygen atoms in total. The minimum Gasteiger partial charge on any atom is -0.504 e. The van der Waals surface area contributed by atoms with Crippen molar-refractivity contribution in [2.24, 2.45) is 0 Å². The van der Waals surface area contributed by atoms with Crippen LogP contribution in [0.25, 0.3) is 0 Å². The molecule has 1 saturated heterocycles. The fraction of sp³-hybridized carbons (Fsp3) is 0.300. The van der Waals surface area contributed by atoms with Crippen molar-refractivity contribution in [3.63, 3.8) is 0 Å². The van der Waals surface area contributed by atoms with Gasteiger partial charge in [-0.25, -0.2) is 8.42 Å². The van der Waals surface area contributed by atoms with Gasteiger partial charge in [-0.1, -0.05) is 23.0 Å². The monoisotopic (exact) mass is 481 g/mol. The van der Waals surface area contributed by atoms with E-state index in [0.717, 1.165) is 4.47 Å². The number of nitrogens with one attached hydrogen (secondary N) is 2. The van der Waals surface area contributed by atoms with Gasteiger partial charge < -0.3 is 20.2 Å². The number of phenols is 1. The summed E-state index contributed by atoms with van der Waals surface area (Å²) >= 11 is 6.07. The Hall–Kier alpha value is -2.86. The molecule has 2 aromatic carbocycles. The summed E-state index contributed by atoms with van der Waals surface area (Å²) in [5.41, 5.74) is -1.72. The Kier molecular flexibility index (Phi) is 5.99. The number of halogens is 1. The van der Waals surface area contributed by atoms with Crippen LogP contribution in [0.5, 0.6) is 5.75 Å². The second-order valence-electron chi connectivity index (χ2n) is 7.14. The number of hydrogen-bond acceptors (Lipinski definition) is 9. The first-order valence-electron chi connectivity index (χ1n) is 9.83. The normalized spacial score (nSPS) is 15.8. The molecule has 0 saturated carbocycles. The van der Waals surface area contributed by atoms with Gasteiger partial charge in [0.05, 0.1) is 29.6 Å². The van der Waals surface area contributed by atoms with Gasteiger partial charge in [-0.3, -0.25) is 14.4 Å². The van der Waals surface area contributed by atoms with Gasteiger partial charge in [0.25, 0.3) is 20.9 Å². The summed E-state index contributed by atoms with van der Waals surface area (Å²) in [6.45, 7) is 2.22. The quantitative estimate of drug-likeness (QED) is 0.327. The maximum atomic E-state index is 12.9. The lowest BCUT2D eigenvalue weighted by molar-refractivity contribution is -0.0285. The second kappa shape index (κ2) is 8.58. The van der Waals surface area contributed by atoms with E-state index in [1.165, 1.54) is 18.4 Å². The molecular weight excluding hydrogens is 462 g/mol. The van der Waals surface area contributed by atoms with E-state index < -0.39 is 31.5 Å². The van der Waals surface area contributed by atoms with Crippen LogP contribution in [0.1, 0.15) is 31.6 Å². The number of anilines is 3. The summed E-state index contributed by atoms with van der Waals surface area (Å²) in [5.74, 6) is -0.107. The predicted molar refractivity (Wildman–Crippen MR) is 118 cm³/mol. The molecule has 0 aliphatic carbocycles. The van der Waals surface area contributed by atoms with Crippen LogP contribution < -0.4 is 21.5 Å². The van der Waals surface area contributed by atoms with Gasteiger partial charge in [-0.05, 0) is 37.1 Å². The SMILES string of the molecule is CC[C@@H](Nc1c(Nc2ccc(Cl)c(S(=O)(=O)N3CCCO3)c2O)c(=O)c1=O)c1ccco1. The summed E-state index contributed by atoms with van der Waals surface area (Å²) in [5, 5.41) is 16.1. The van der Waals surface area contributed by atoms with E-state index in [-0.39, 0.29) is 41.3 Å². The molecule has 0 radical (unpaired) electrons. The zero-order chi connectivity index (χ0) is 23.0. The smallest absolute Gasteiger partial charge is 0.270 e. The number of furan rings is 1. The van der Waals surface area contributed by atoms with Gasteiger partial charge in [0, 0.05) is 6.54 Å². The molecule has 0 unspecified atom stereocenters. The first-order valence-corrected chi connectivity index (χ1v) is 11.6. The predicted octanol–water partition coefficient (Wildman–Crippen LogP) is 2.87. The van der Waals surface area contributed by atoms with E-state index in [9.17, 15) is 23.1 Å². The van der Waals surface area contributed by atoms with Crippen LogP contribution in [-0.4, -0.2) is 31.1 Å². The summed E-state index contributed by atoms with van der Waals surface area (Å²) in [6, 6.07) is 5.66. The Morgan fingerprint density at radius 3 is 2.59 bits per heavy atom. The molecule has 170 valence electrons. The minimum atomic E-state index is -4.24. The summed E-state index contributed by atoms with van der Waals surface area (Å²) in [6.07, 6.45) is 2.57. The lowest BCUT2D eigenvalue weighted by Gasteiger charge is -2.21. The summed E-state index contributed by atoms with van der Waals surface area (Å²) in [4.78, 5) is 28.9. The number of aromatic hydroxyl groups is 1. The van der Waals surface area contributed by atoms with Crippen molar-refractivity contribution in [3.05, 3.63) is 61.8 Å². The summed E-state index contributed by atoms with van der Waals surface area (Å²) in [7, 11) is -4.24. The van der Waals surface area contributed by atoms with E-state index in [4.69, 9.17) is 20.9 Å². The maximum Gasteiger partial charge on any atom is 0.270 e. The van der Waals surface area contributed by atoms with Crippen LogP contribution in [-0.2, 0) is 14.9 Å². The van der Waals surface area contributed by atoms with Crippen LogP contribution in [0.2, 0.25) is 5.02 Å². The topological polar surface area (TPSA) is 138 Å². The lowest BCUT2D eigenvalue weighted by atomic mass is 10.1. The largest absolute Gasteiger partial charge is 0.504 e. The van der Waals surface area contributed by atoms with E-state index in [0.29, 0.717) is 18.6 Å². The van der Waals surface area contributed by atoms with Gasteiger partial charge in [0.15, 0.2) is 5.75 Å². The zero-order valence-electron chi connectivity index (χ0n) is 16.9. The molecule has 12 heteroatoms. The molecular formula is C20H20ClN3O7S. The zero-order valence-corrected chi connectivity index (χ0v) is 18.5. The second-order valence-corrected chi connectivity index (χ2v) is 9.32. The van der Waals surface area contributed by atoms with Crippen LogP contribution >= 0.6 is 11.6 Å². The average molecular weight is 482 g/mol. The molecule has 3 aromatic rings. The minimum absolute atomic E-state index is 0.0138. The van der Waals surface area contributed by atoms with Crippen molar-refractivity contribution in [2.75, 3.05) is 23.8 Å². The van der Waals surface area contributed by atoms with Gasteiger partial charge in [-0.2, -0.15) is 0 Å². The van der Waals surface area contributed by atoms with Crippen molar-refractivity contribution >= 4 is 38.7 Å². The summed E-state index contributed by atoms with van der Waals surface area (Å²) < 4.78 is 31.9. The Morgan fingerprint density at radius 1 is 1.22 bits per heavy atom. The number of hydrogen-bond donors (Lipinski definition) is 3. The molecule has 1 aliphatic rings. The Bertz CT molecular complexity index is 1310. The molecule has 0 bridgehead atoms. The number of hydroxylamine groups is 1. The highest BCUT2D eigenvalue weighted by Gasteiger charge is 2.35. The third kappa shape index (κ3) is 3.77. The first kappa shape index (κ1) is 22.3. The maximum absolute atomic E-state index is 12.9. The van der Waals surface area contributed by atoms with E-state index >= 15 is 0 Å². The third-order valence-corrected chi connectivity index (χ3v) is 7.29. The molecule has 4 rings (SSSR count). The van der Waals surface area contributed by atoms with E-state index in [2.05, 4.69) is 10.6 Å². The van der Waals surface area contributed by atoms with E-state index in [1.807, 2.05) is 6.92 Å². The Balaban J connectivity index is 1.67. The number of phenolic OH excluding ortho intramolecular Hbond substituents is 1. The van der Waals surface area contributed by atoms with Crippen molar-refractivity contribution in [3.8, 4) is 5.75 Å². The fourth-order valence-corrected chi connectivity index (χ4v) is 5.33. The van der Waals surface area contributed by atoms with Gasteiger partial charge in [0.1, 0.15) is 22.0 Å². The molecule has 2 heterocycles. The lowest BCUT2D eigenvalue weighted by Crippen LogP contribution is -2.37. The van der Waals surface area contributed by atoms with Gasteiger partial charge in [-0.15, -0.1) is 0 Å². The van der Waals surface area contributed by atoms with Gasteiger partial charge >= 0.3 is 0 Å². The molecule has 1 aromatic heterocycles.